The van der Waals surface area contributed by atoms with Crippen molar-refractivity contribution in [1.82, 2.24) is 9.88 Å². The van der Waals surface area contributed by atoms with Crippen molar-refractivity contribution < 1.29 is 24.2 Å². The fraction of sp³-hybridized carbons (Fsp3) is 0.259. The van der Waals surface area contributed by atoms with Gasteiger partial charge in [-0.3, -0.25) is 10.1 Å². The summed E-state index contributed by atoms with van der Waals surface area (Å²) in [5.41, 5.74) is 4.64. The molecule has 0 radical (unpaired) electrons. The number of rotatable bonds is 5. The monoisotopic (exact) mass is 471 g/mol. The number of amides is 2. The van der Waals surface area contributed by atoms with Crippen LogP contribution in [0.5, 0.6) is 0 Å². The van der Waals surface area contributed by atoms with E-state index in [2.05, 4.69) is 22.4 Å². The van der Waals surface area contributed by atoms with E-state index in [-0.39, 0.29) is 23.9 Å². The fourth-order valence-corrected chi connectivity index (χ4v) is 4.99. The van der Waals surface area contributed by atoms with Gasteiger partial charge in [-0.05, 0) is 53.6 Å². The highest BCUT2D eigenvalue weighted by atomic mass is 16.5. The molecule has 1 aliphatic carbocycles. The molecule has 1 fully saturated rings. The summed E-state index contributed by atoms with van der Waals surface area (Å²) in [7, 11) is 0. The average Bonchev–Trinajstić information content (AvgIpc) is 3.21. The lowest BCUT2D eigenvalue weighted by Gasteiger charge is -2.33. The number of pyridine rings is 1. The molecule has 2 amide bonds. The van der Waals surface area contributed by atoms with Crippen LogP contribution < -0.4 is 5.32 Å². The minimum absolute atomic E-state index is 0.00541. The van der Waals surface area contributed by atoms with Crippen LogP contribution in [0.1, 0.15) is 46.8 Å². The zero-order valence-electron chi connectivity index (χ0n) is 19.0. The Labute approximate surface area is 202 Å². The first-order chi connectivity index (χ1) is 17.0. The molecule has 8 nitrogen and oxygen atoms in total. The Kier molecular flexibility index (Phi) is 6.18. The van der Waals surface area contributed by atoms with Gasteiger partial charge in [0.2, 0.25) is 0 Å². The molecule has 1 unspecified atom stereocenters. The molecule has 0 spiro atoms. The molecule has 1 atom stereocenters. The topological polar surface area (TPSA) is 109 Å². The van der Waals surface area contributed by atoms with Crippen LogP contribution in [0.2, 0.25) is 0 Å². The minimum Gasteiger partial charge on any atom is -0.480 e. The number of ether oxygens (including phenoxy) is 1. The third kappa shape index (κ3) is 4.35. The van der Waals surface area contributed by atoms with Crippen molar-refractivity contribution in [2.24, 2.45) is 0 Å². The minimum atomic E-state index is -1.04. The van der Waals surface area contributed by atoms with E-state index in [1.165, 1.54) is 11.1 Å². The lowest BCUT2D eigenvalue weighted by atomic mass is 9.98. The number of carbonyl (C=O) groups is 3. The first-order valence-corrected chi connectivity index (χ1v) is 11.7. The molecule has 0 saturated carbocycles. The first-order valence-electron chi connectivity index (χ1n) is 11.7. The molecular formula is C27H25N3O5. The number of nitrogens with one attached hydrogen (secondary N) is 1. The van der Waals surface area contributed by atoms with Crippen LogP contribution in [0.25, 0.3) is 11.1 Å². The third-order valence-electron chi connectivity index (χ3n) is 6.64. The fourth-order valence-electron chi connectivity index (χ4n) is 4.99. The predicted octanol–water partition coefficient (Wildman–Crippen LogP) is 4.52. The Hall–Kier alpha value is -4.20. The lowest BCUT2D eigenvalue weighted by molar-refractivity contribution is -0.143. The SMILES string of the molecule is O=C(Nc1cccnc1C(=O)N1CCCCC1C(=O)O)OCC1c2ccccc2-c2ccccc21. The number of carbonyl (C=O) groups excluding carboxylic acids is 2. The molecule has 178 valence electrons. The van der Waals surface area contributed by atoms with Crippen molar-refractivity contribution in [1.29, 1.82) is 0 Å². The smallest absolute Gasteiger partial charge is 0.411 e. The molecule has 1 aliphatic heterocycles. The highest BCUT2D eigenvalue weighted by Crippen LogP contribution is 2.44. The van der Waals surface area contributed by atoms with Crippen LogP contribution in [0.4, 0.5) is 10.5 Å². The van der Waals surface area contributed by atoms with Crippen LogP contribution in [-0.2, 0) is 9.53 Å². The van der Waals surface area contributed by atoms with Crippen molar-refractivity contribution in [3.05, 3.63) is 83.7 Å². The molecular weight excluding hydrogens is 446 g/mol. The van der Waals surface area contributed by atoms with Gasteiger partial charge in [0, 0.05) is 18.7 Å². The van der Waals surface area contributed by atoms with Crippen molar-refractivity contribution >= 4 is 23.7 Å². The molecule has 2 N–H and O–H groups in total. The Bertz CT molecular complexity index is 1250. The van der Waals surface area contributed by atoms with Gasteiger partial charge in [-0.2, -0.15) is 0 Å². The van der Waals surface area contributed by atoms with Gasteiger partial charge in [-0.1, -0.05) is 48.5 Å². The normalized spacial score (nSPS) is 16.8. The number of fused-ring (bicyclic) bond motifs is 3. The number of carboxylic acid groups (broad SMARTS) is 1. The van der Waals surface area contributed by atoms with Gasteiger partial charge in [0.15, 0.2) is 5.69 Å². The van der Waals surface area contributed by atoms with Crippen LogP contribution in [0.15, 0.2) is 66.9 Å². The van der Waals surface area contributed by atoms with E-state index < -0.39 is 24.0 Å². The molecule has 2 aliphatic rings. The molecule has 35 heavy (non-hydrogen) atoms. The van der Waals surface area contributed by atoms with E-state index in [0.717, 1.165) is 35.1 Å². The second-order valence-corrected chi connectivity index (χ2v) is 8.70. The molecule has 1 aromatic heterocycles. The second kappa shape index (κ2) is 9.58. The van der Waals surface area contributed by atoms with E-state index in [9.17, 15) is 19.5 Å². The van der Waals surface area contributed by atoms with Gasteiger partial charge in [-0.15, -0.1) is 0 Å². The lowest BCUT2D eigenvalue weighted by Crippen LogP contribution is -2.48. The summed E-state index contributed by atoms with van der Waals surface area (Å²) in [5.74, 6) is -1.65. The maximum atomic E-state index is 13.2. The highest BCUT2D eigenvalue weighted by Gasteiger charge is 2.34. The maximum Gasteiger partial charge on any atom is 0.411 e. The van der Waals surface area contributed by atoms with E-state index in [0.29, 0.717) is 13.0 Å². The quantitative estimate of drug-likeness (QED) is 0.566. The molecule has 2 heterocycles. The Balaban J connectivity index is 1.30. The van der Waals surface area contributed by atoms with Crippen LogP contribution in [-0.4, -0.2) is 52.2 Å². The molecule has 0 bridgehead atoms. The standard InChI is InChI=1S/C27H25N3O5/c31-25(30-15-6-5-13-23(30)26(32)33)24-22(12-7-14-28-24)29-27(34)35-16-21-19-10-3-1-8-17(19)18-9-2-4-11-20(18)21/h1-4,7-12,14,21,23H,5-6,13,15-16H2,(H,29,34)(H,32,33). The third-order valence-corrected chi connectivity index (χ3v) is 6.64. The van der Waals surface area contributed by atoms with E-state index in [4.69, 9.17) is 4.74 Å². The number of hydrogen-bond donors (Lipinski definition) is 2. The van der Waals surface area contributed by atoms with Gasteiger partial charge in [-0.25, -0.2) is 14.6 Å². The van der Waals surface area contributed by atoms with Crippen molar-refractivity contribution in [3.63, 3.8) is 0 Å². The van der Waals surface area contributed by atoms with E-state index in [1.54, 1.807) is 12.1 Å². The molecule has 3 aromatic rings. The summed E-state index contributed by atoms with van der Waals surface area (Å²) in [6, 6.07) is 18.4. The van der Waals surface area contributed by atoms with Crippen molar-refractivity contribution in [2.45, 2.75) is 31.2 Å². The van der Waals surface area contributed by atoms with Gasteiger partial charge in [0.25, 0.3) is 5.91 Å². The molecule has 2 aromatic carbocycles. The Morgan fingerprint density at radius 1 is 0.971 bits per heavy atom. The number of aliphatic carboxylic acids is 1. The predicted molar refractivity (Wildman–Crippen MR) is 129 cm³/mol. The van der Waals surface area contributed by atoms with Crippen molar-refractivity contribution in [3.8, 4) is 11.1 Å². The number of anilines is 1. The average molecular weight is 472 g/mol. The Morgan fingerprint density at radius 2 is 1.66 bits per heavy atom. The number of likely N-dealkylation sites (tertiary alicyclic amines) is 1. The van der Waals surface area contributed by atoms with E-state index >= 15 is 0 Å². The maximum absolute atomic E-state index is 13.2. The van der Waals surface area contributed by atoms with Crippen LogP contribution >= 0.6 is 0 Å². The zero-order valence-corrected chi connectivity index (χ0v) is 19.0. The Morgan fingerprint density at radius 3 is 2.34 bits per heavy atom. The van der Waals surface area contributed by atoms with Gasteiger partial charge in [0.05, 0.1) is 5.69 Å². The second-order valence-electron chi connectivity index (χ2n) is 8.70. The molecule has 1 saturated heterocycles. The highest BCUT2D eigenvalue weighted by molar-refractivity contribution is 6.02. The number of piperidine rings is 1. The summed E-state index contributed by atoms with van der Waals surface area (Å²) >= 11 is 0. The number of carboxylic acids is 1. The summed E-state index contributed by atoms with van der Waals surface area (Å²) in [5, 5.41) is 12.2. The van der Waals surface area contributed by atoms with Crippen LogP contribution in [0, 0.1) is 0 Å². The van der Waals surface area contributed by atoms with E-state index in [1.807, 2.05) is 36.4 Å². The van der Waals surface area contributed by atoms with Crippen LogP contribution in [0.3, 0.4) is 0 Å². The van der Waals surface area contributed by atoms with Gasteiger partial charge in [0.1, 0.15) is 12.6 Å². The molecule has 5 rings (SSSR count). The number of benzene rings is 2. The summed E-state index contributed by atoms with van der Waals surface area (Å²) < 4.78 is 5.59. The van der Waals surface area contributed by atoms with Crippen molar-refractivity contribution in [2.75, 3.05) is 18.5 Å². The molecule has 8 heteroatoms. The summed E-state index contributed by atoms with van der Waals surface area (Å²) in [6.07, 6.45) is 2.59. The number of nitrogens with zero attached hydrogens (tertiary/aromatic N) is 2. The number of hydrogen-bond acceptors (Lipinski definition) is 5. The largest absolute Gasteiger partial charge is 0.480 e. The summed E-state index contributed by atoms with van der Waals surface area (Å²) in [6.45, 7) is 0.466. The van der Waals surface area contributed by atoms with Gasteiger partial charge < -0.3 is 14.7 Å². The summed E-state index contributed by atoms with van der Waals surface area (Å²) in [4.78, 5) is 43.0. The first kappa shape index (κ1) is 22.6. The van der Waals surface area contributed by atoms with Gasteiger partial charge >= 0.3 is 12.1 Å². The number of aromatic nitrogens is 1. The zero-order chi connectivity index (χ0) is 24.4.